The Kier molecular flexibility index (Phi) is 3.80. The highest BCUT2D eigenvalue weighted by molar-refractivity contribution is 5.97. The number of hydrogen-bond acceptors (Lipinski definition) is 3. The van der Waals surface area contributed by atoms with Crippen LogP contribution in [0.15, 0.2) is 48.5 Å². The number of anilines is 1. The second-order valence-electron chi connectivity index (χ2n) is 5.37. The first-order chi connectivity index (χ1) is 10.7. The van der Waals surface area contributed by atoms with Gasteiger partial charge in [0.2, 0.25) is 0 Å². The van der Waals surface area contributed by atoms with Crippen molar-refractivity contribution in [3.05, 3.63) is 59.7 Å². The van der Waals surface area contributed by atoms with E-state index in [9.17, 15) is 4.79 Å². The van der Waals surface area contributed by atoms with Gasteiger partial charge in [-0.15, -0.1) is 0 Å². The molecular weight excluding hydrogens is 276 g/mol. The largest absolute Gasteiger partial charge is 0.484 e. The van der Waals surface area contributed by atoms with Gasteiger partial charge >= 0.3 is 0 Å². The van der Waals surface area contributed by atoms with Crippen LogP contribution in [-0.4, -0.2) is 18.6 Å². The molecule has 0 saturated carbocycles. The van der Waals surface area contributed by atoms with Gasteiger partial charge in [-0.3, -0.25) is 4.79 Å². The maximum absolute atomic E-state index is 12.5. The van der Waals surface area contributed by atoms with Crippen molar-refractivity contribution in [2.24, 2.45) is 0 Å². The number of para-hydroxylation sites is 1. The van der Waals surface area contributed by atoms with Crippen LogP contribution in [0, 0.1) is 11.3 Å². The summed E-state index contributed by atoms with van der Waals surface area (Å²) in [6.45, 7) is 2.03. The summed E-state index contributed by atoms with van der Waals surface area (Å²) < 4.78 is 5.54. The molecule has 3 rings (SSSR count). The molecule has 2 aromatic rings. The van der Waals surface area contributed by atoms with Crippen LogP contribution in [0.4, 0.5) is 5.69 Å². The van der Waals surface area contributed by atoms with Gasteiger partial charge in [-0.2, -0.15) is 5.26 Å². The molecule has 0 radical (unpaired) electrons. The van der Waals surface area contributed by atoms with Crippen molar-refractivity contribution in [1.82, 2.24) is 0 Å². The molecule has 1 atom stereocenters. The highest BCUT2D eigenvalue weighted by Gasteiger charge is 2.30. The maximum atomic E-state index is 12.5. The van der Waals surface area contributed by atoms with Crippen LogP contribution < -0.4 is 9.64 Å². The molecule has 1 aliphatic heterocycles. The van der Waals surface area contributed by atoms with E-state index in [0.717, 1.165) is 12.1 Å². The van der Waals surface area contributed by atoms with Crippen molar-refractivity contribution >= 4 is 11.6 Å². The average molecular weight is 292 g/mol. The Labute approximate surface area is 129 Å². The molecule has 0 spiro atoms. The minimum Gasteiger partial charge on any atom is -0.484 e. The molecular formula is C18H16N2O2. The van der Waals surface area contributed by atoms with Crippen LogP contribution in [-0.2, 0) is 11.2 Å². The molecule has 4 heteroatoms. The Morgan fingerprint density at radius 1 is 1.27 bits per heavy atom. The number of hydrogen-bond donors (Lipinski definition) is 0. The lowest BCUT2D eigenvalue weighted by molar-refractivity contribution is -0.120. The molecule has 0 fully saturated rings. The Morgan fingerprint density at radius 3 is 2.73 bits per heavy atom. The molecule has 0 saturated heterocycles. The van der Waals surface area contributed by atoms with E-state index in [2.05, 4.69) is 6.07 Å². The summed E-state index contributed by atoms with van der Waals surface area (Å²) in [6.07, 6.45) is 0.874. The Morgan fingerprint density at radius 2 is 2.00 bits per heavy atom. The van der Waals surface area contributed by atoms with E-state index < -0.39 is 0 Å². The molecule has 0 aromatic heterocycles. The molecule has 22 heavy (non-hydrogen) atoms. The van der Waals surface area contributed by atoms with Crippen molar-refractivity contribution < 1.29 is 9.53 Å². The summed E-state index contributed by atoms with van der Waals surface area (Å²) >= 11 is 0. The number of nitrogens with zero attached hydrogens (tertiary/aromatic N) is 2. The molecule has 1 aliphatic rings. The number of carbonyl (C=O) groups is 1. The van der Waals surface area contributed by atoms with E-state index in [0.29, 0.717) is 11.3 Å². The number of carbonyl (C=O) groups excluding carboxylic acids is 1. The summed E-state index contributed by atoms with van der Waals surface area (Å²) in [5.41, 5.74) is 2.74. The molecule has 1 heterocycles. The Bertz CT molecular complexity index is 731. The van der Waals surface area contributed by atoms with Gasteiger partial charge in [-0.05, 0) is 49.2 Å². The van der Waals surface area contributed by atoms with Crippen LogP contribution in [0.5, 0.6) is 5.75 Å². The van der Waals surface area contributed by atoms with Gasteiger partial charge in [-0.1, -0.05) is 18.2 Å². The second-order valence-corrected chi connectivity index (χ2v) is 5.37. The van der Waals surface area contributed by atoms with Crippen molar-refractivity contribution in [3.63, 3.8) is 0 Å². The predicted octanol–water partition coefficient (Wildman–Crippen LogP) is 2.91. The zero-order valence-corrected chi connectivity index (χ0v) is 12.3. The zero-order chi connectivity index (χ0) is 15.5. The minimum atomic E-state index is -0.0539. The van der Waals surface area contributed by atoms with Crippen molar-refractivity contribution in [2.45, 2.75) is 19.4 Å². The van der Waals surface area contributed by atoms with Crippen LogP contribution in [0.3, 0.4) is 0 Å². The quantitative estimate of drug-likeness (QED) is 0.874. The number of benzene rings is 2. The predicted molar refractivity (Wildman–Crippen MR) is 83.7 cm³/mol. The van der Waals surface area contributed by atoms with Gasteiger partial charge < -0.3 is 9.64 Å². The van der Waals surface area contributed by atoms with Crippen molar-refractivity contribution in [2.75, 3.05) is 11.5 Å². The van der Waals surface area contributed by atoms with Crippen LogP contribution in [0.1, 0.15) is 18.1 Å². The zero-order valence-electron chi connectivity index (χ0n) is 12.3. The van der Waals surface area contributed by atoms with E-state index in [1.54, 1.807) is 29.2 Å². The Hall–Kier alpha value is -2.80. The monoisotopic (exact) mass is 292 g/mol. The van der Waals surface area contributed by atoms with Gasteiger partial charge in [0.15, 0.2) is 6.61 Å². The first-order valence-electron chi connectivity index (χ1n) is 7.22. The topological polar surface area (TPSA) is 53.3 Å². The fourth-order valence-electron chi connectivity index (χ4n) is 2.79. The van der Waals surface area contributed by atoms with Gasteiger partial charge in [0.1, 0.15) is 5.75 Å². The number of ether oxygens (including phenoxy) is 1. The van der Waals surface area contributed by atoms with E-state index >= 15 is 0 Å². The van der Waals surface area contributed by atoms with E-state index in [1.165, 1.54) is 5.56 Å². The lowest BCUT2D eigenvalue weighted by Crippen LogP contribution is -2.39. The molecule has 110 valence electrons. The number of fused-ring (bicyclic) bond motifs is 1. The second kappa shape index (κ2) is 5.90. The van der Waals surface area contributed by atoms with Gasteiger partial charge in [-0.25, -0.2) is 0 Å². The third-order valence-electron chi connectivity index (χ3n) is 3.82. The third-order valence-corrected chi connectivity index (χ3v) is 3.82. The third kappa shape index (κ3) is 2.66. The summed E-state index contributed by atoms with van der Waals surface area (Å²) in [6, 6.07) is 16.9. The standard InChI is InChI=1S/C18H16N2O2/c1-13-10-15-4-2-3-5-17(15)20(13)18(21)12-22-16-8-6-14(11-19)7-9-16/h2-9,13H,10,12H2,1H3/t13-/m1/s1. The van der Waals surface area contributed by atoms with E-state index in [-0.39, 0.29) is 18.6 Å². The lowest BCUT2D eigenvalue weighted by Gasteiger charge is -2.22. The van der Waals surface area contributed by atoms with Crippen molar-refractivity contribution in [3.8, 4) is 11.8 Å². The molecule has 0 aliphatic carbocycles. The van der Waals surface area contributed by atoms with Crippen molar-refractivity contribution in [1.29, 1.82) is 5.26 Å². The lowest BCUT2D eigenvalue weighted by atomic mass is 10.1. The number of amides is 1. The molecule has 1 amide bonds. The molecule has 0 unspecified atom stereocenters. The van der Waals surface area contributed by atoms with Gasteiger partial charge in [0, 0.05) is 11.7 Å². The van der Waals surface area contributed by atoms with E-state index in [4.69, 9.17) is 10.00 Å². The SMILES string of the molecule is C[C@@H]1Cc2ccccc2N1C(=O)COc1ccc(C#N)cc1. The fraction of sp³-hybridized carbons (Fsp3) is 0.222. The van der Waals surface area contributed by atoms with Gasteiger partial charge in [0.05, 0.1) is 11.6 Å². The highest BCUT2D eigenvalue weighted by atomic mass is 16.5. The molecule has 4 nitrogen and oxygen atoms in total. The summed E-state index contributed by atoms with van der Waals surface area (Å²) in [5.74, 6) is 0.536. The number of rotatable bonds is 3. The highest BCUT2D eigenvalue weighted by Crippen LogP contribution is 2.31. The smallest absolute Gasteiger partial charge is 0.265 e. The molecule has 0 N–H and O–H groups in total. The molecule has 0 bridgehead atoms. The van der Waals surface area contributed by atoms with Crippen LogP contribution >= 0.6 is 0 Å². The van der Waals surface area contributed by atoms with Gasteiger partial charge in [0.25, 0.3) is 5.91 Å². The van der Waals surface area contributed by atoms with Crippen LogP contribution in [0.25, 0.3) is 0 Å². The molecule has 2 aromatic carbocycles. The van der Waals surface area contributed by atoms with E-state index in [1.807, 2.05) is 31.2 Å². The first kappa shape index (κ1) is 14.2. The normalized spacial score (nSPS) is 16.0. The number of nitriles is 1. The summed E-state index contributed by atoms with van der Waals surface area (Å²) in [4.78, 5) is 14.3. The summed E-state index contributed by atoms with van der Waals surface area (Å²) in [5, 5.41) is 8.76. The summed E-state index contributed by atoms with van der Waals surface area (Å²) in [7, 11) is 0. The Balaban J connectivity index is 1.68. The minimum absolute atomic E-state index is 0.00935. The fourth-order valence-corrected chi connectivity index (χ4v) is 2.79. The first-order valence-corrected chi connectivity index (χ1v) is 7.22. The average Bonchev–Trinajstić information content (AvgIpc) is 2.89. The maximum Gasteiger partial charge on any atom is 0.265 e. The van der Waals surface area contributed by atoms with Crippen LogP contribution in [0.2, 0.25) is 0 Å².